The number of ether oxygens (including phenoxy) is 2. The second kappa shape index (κ2) is 10.7. The summed E-state index contributed by atoms with van der Waals surface area (Å²) < 4.78 is 16.9. The molecule has 11 heteroatoms. The van der Waals surface area contributed by atoms with Crippen LogP contribution in [0.3, 0.4) is 0 Å². The van der Waals surface area contributed by atoms with Gasteiger partial charge in [-0.1, -0.05) is 6.92 Å². The molecule has 1 amide bonds. The zero-order valence-corrected chi connectivity index (χ0v) is 21.6. The highest BCUT2D eigenvalue weighted by Crippen LogP contribution is 2.40. The number of carbonyl (C=O) groups is 2. The summed E-state index contributed by atoms with van der Waals surface area (Å²) in [6.45, 7) is 5.90. The molecule has 3 aromatic rings. The lowest BCUT2D eigenvalue weighted by molar-refractivity contribution is -0.704. The first-order valence-corrected chi connectivity index (χ1v) is 13.1. The van der Waals surface area contributed by atoms with Crippen molar-refractivity contribution in [3.8, 4) is 11.4 Å². The Kier molecular flexibility index (Phi) is 7.66. The Bertz CT molecular complexity index is 1280. The zero-order chi connectivity index (χ0) is 25.1. The fourth-order valence-corrected chi connectivity index (χ4v) is 6.25. The molecule has 1 aliphatic rings. The highest BCUT2D eigenvalue weighted by molar-refractivity contribution is 8.00. The number of benzene rings is 1. The van der Waals surface area contributed by atoms with Crippen LogP contribution in [-0.2, 0) is 22.4 Å². The Morgan fingerprint density at radius 3 is 2.77 bits per heavy atom. The molecule has 2 N–H and O–H groups in total. The first-order chi connectivity index (χ1) is 16.8. The van der Waals surface area contributed by atoms with Crippen molar-refractivity contribution < 1.29 is 28.3 Å². The van der Waals surface area contributed by atoms with Gasteiger partial charge in [-0.25, -0.2) is 9.59 Å². The van der Waals surface area contributed by atoms with E-state index < -0.39 is 16.8 Å². The first kappa shape index (κ1) is 25.1. The largest absolute Gasteiger partial charge is 0.497 e. The molecular weight excluding hydrogens is 490 g/mol. The Labute approximate surface area is 210 Å². The summed E-state index contributed by atoms with van der Waals surface area (Å²) >= 11 is 2.50. The molecule has 2 unspecified atom stereocenters. The fraction of sp³-hybridized carbons (Fsp3) is 0.417. The molecule has 186 valence electrons. The number of amides is 1. The number of methoxy groups -OCH3 is 1. The number of aromatic amines is 1. The van der Waals surface area contributed by atoms with Crippen LogP contribution in [0.5, 0.6) is 5.75 Å². The van der Waals surface area contributed by atoms with E-state index in [1.54, 1.807) is 45.2 Å². The average molecular weight is 519 g/mol. The van der Waals surface area contributed by atoms with Gasteiger partial charge in [0.2, 0.25) is 11.6 Å². The van der Waals surface area contributed by atoms with Crippen molar-refractivity contribution in [3.63, 3.8) is 0 Å². The van der Waals surface area contributed by atoms with Crippen LogP contribution in [0, 0.1) is 5.92 Å². The van der Waals surface area contributed by atoms with Crippen molar-refractivity contribution >= 4 is 40.0 Å². The molecular formula is C24H28N3O6S2+. The lowest BCUT2D eigenvalue weighted by atomic mass is 9.88. The Balaban J connectivity index is 1.56. The number of fused-ring (bicyclic) bond motifs is 1. The van der Waals surface area contributed by atoms with E-state index >= 15 is 0 Å². The molecule has 35 heavy (non-hydrogen) atoms. The van der Waals surface area contributed by atoms with E-state index in [9.17, 15) is 14.4 Å². The normalized spacial score (nSPS) is 15.8. The molecule has 0 spiro atoms. The summed E-state index contributed by atoms with van der Waals surface area (Å²) in [7, 11) is 1.57. The Hall–Kier alpha value is -3.05. The molecule has 2 heterocycles. The maximum absolute atomic E-state index is 13.1. The number of nitrogens with one attached hydrogen (secondary N) is 2. The minimum atomic E-state index is -0.647. The topological polar surface area (TPSA) is 115 Å². The predicted molar refractivity (Wildman–Crippen MR) is 133 cm³/mol. The van der Waals surface area contributed by atoms with Gasteiger partial charge in [-0.3, -0.25) is 9.32 Å². The van der Waals surface area contributed by atoms with Gasteiger partial charge in [0.1, 0.15) is 10.8 Å². The Morgan fingerprint density at radius 1 is 1.34 bits per heavy atom. The van der Waals surface area contributed by atoms with Gasteiger partial charge in [0.15, 0.2) is 0 Å². The van der Waals surface area contributed by atoms with Crippen LogP contribution in [0.15, 0.2) is 38.6 Å². The van der Waals surface area contributed by atoms with Crippen molar-refractivity contribution in [2.75, 3.05) is 19.0 Å². The van der Waals surface area contributed by atoms with Crippen LogP contribution >= 0.6 is 23.1 Å². The van der Waals surface area contributed by atoms with Gasteiger partial charge >= 0.3 is 16.6 Å². The number of thiophene rings is 1. The molecule has 0 fully saturated rings. The summed E-state index contributed by atoms with van der Waals surface area (Å²) in [4.78, 5) is 39.4. The summed E-state index contributed by atoms with van der Waals surface area (Å²) in [5, 5.41) is 5.57. The second-order valence-corrected chi connectivity index (χ2v) is 10.8. The van der Waals surface area contributed by atoms with Crippen LogP contribution < -0.4 is 20.4 Å². The van der Waals surface area contributed by atoms with Crippen molar-refractivity contribution in [3.05, 3.63) is 50.7 Å². The van der Waals surface area contributed by atoms with Crippen molar-refractivity contribution in [2.24, 2.45) is 5.92 Å². The average Bonchev–Trinajstić information content (AvgIpc) is 3.38. The van der Waals surface area contributed by atoms with Gasteiger partial charge in [-0.05, 0) is 78.4 Å². The number of thioether (sulfide) groups is 1. The van der Waals surface area contributed by atoms with Crippen LogP contribution in [0.2, 0.25) is 0 Å². The molecule has 0 saturated carbocycles. The number of carbonyl (C=O) groups excluding carboxylic acids is 2. The van der Waals surface area contributed by atoms with E-state index in [0.29, 0.717) is 27.9 Å². The van der Waals surface area contributed by atoms with Crippen LogP contribution in [-0.4, -0.2) is 36.1 Å². The van der Waals surface area contributed by atoms with E-state index in [1.807, 2.05) is 0 Å². The smallest absolute Gasteiger partial charge is 0.442 e. The standard InChI is InChI=1S/C24H27N3O6S2/c1-5-32-23(29)19-17-11-6-13(2)12-18(17)35-21(19)25-20(28)14(3)34-22-24(30)33-26-27(22)15-7-9-16(31-4)10-8-15/h7-10,13-14H,5-6,11-12H2,1-4H3,(H-,25,26,28,29,30)/p+1. The van der Waals surface area contributed by atoms with E-state index in [4.69, 9.17) is 14.0 Å². The highest BCUT2D eigenvalue weighted by Gasteiger charge is 2.32. The minimum Gasteiger partial charge on any atom is -0.497 e. The van der Waals surface area contributed by atoms with E-state index in [1.165, 1.54) is 16.0 Å². The second-order valence-electron chi connectivity index (χ2n) is 8.35. The monoisotopic (exact) mass is 518 g/mol. The molecule has 1 aromatic carbocycles. The number of hydrogen-bond acceptors (Lipinski definition) is 8. The molecule has 4 rings (SSSR count). The van der Waals surface area contributed by atoms with E-state index in [0.717, 1.165) is 41.5 Å². The number of esters is 1. The van der Waals surface area contributed by atoms with Gasteiger partial charge in [0, 0.05) is 17.0 Å². The number of nitrogens with zero attached hydrogens (tertiary/aromatic N) is 1. The first-order valence-electron chi connectivity index (χ1n) is 11.4. The quantitative estimate of drug-likeness (QED) is 0.265. The van der Waals surface area contributed by atoms with Gasteiger partial charge in [0.05, 0.1) is 24.5 Å². The van der Waals surface area contributed by atoms with Crippen LogP contribution in [0.4, 0.5) is 5.00 Å². The number of rotatable bonds is 8. The van der Waals surface area contributed by atoms with Crippen molar-refractivity contribution in [1.82, 2.24) is 5.27 Å². The lowest BCUT2D eigenvalue weighted by Crippen LogP contribution is -2.37. The molecule has 0 aliphatic heterocycles. The maximum Gasteiger partial charge on any atom is 0.442 e. The molecule has 0 saturated heterocycles. The third-order valence-corrected chi connectivity index (χ3v) is 8.13. The molecule has 2 aromatic heterocycles. The predicted octanol–water partition coefficient (Wildman–Crippen LogP) is 3.74. The molecule has 0 bridgehead atoms. The molecule has 9 nitrogen and oxygen atoms in total. The molecule has 2 atom stereocenters. The third kappa shape index (κ3) is 5.30. The van der Waals surface area contributed by atoms with Crippen LogP contribution in [0.25, 0.3) is 5.69 Å². The number of hydrogen-bond donors (Lipinski definition) is 2. The fourth-order valence-electron chi connectivity index (χ4n) is 3.96. The van der Waals surface area contributed by atoms with E-state index in [2.05, 4.69) is 17.5 Å². The highest BCUT2D eigenvalue weighted by atomic mass is 32.2. The summed E-state index contributed by atoms with van der Waals surface area (Å²) in [5.74, 6) is 0.455. The SMILES string of the molecule is CCOC(=O)c1c(NC(=O)C(C)Sc2c(=O)o[nH][n+]2-c2ccc(OC)cc2)sc2c1CCC(C)C2. The van der Waals surface area contributed by atoms with Gasteiger partial charge < -0.3 is 14.8 Å². The zero-order valence-electron chi connectivity index (χ0n) is 20.0. The Morgan fingerprint density at radius 2 is 2.09 bits per heavy atom. The van der Waals surface area contributed by atoms with Gasteiger partial charge in [-0.15, -0.1) is 11.3 Å². The summed E-state index contributed by atoms with van der Waals surface area (Å²) in [5.41, 5.74) is 1.50. The number of aromatic nitrogens is 2. The van der Waals surface area contributed by atoms with Crippen LogP contribution in [0.1, 0.15) is 48.0 Å². The van der Waals surface area contributed by atoms with Gasteiger partial charge in [-0.2, -0.15) is 0 Å². The summed E-state index contributed by atoms with van der Waals surface area (Å²) in [6.07, 6.45) is 2.65. The van der Waals surface area contributed by atoms with Crippen molar-refractivity contribution in [1.29, 1.82) is 0 Å². The summed E-state index contributed by atoms with van der Waals surface area (Å²) in [6, 6.07) is 7.05. The lowest BCUT2D eigenvalue weighted by Gasteiger charge is -2.18. The number of anilines is 1. The van der Waals surface area contributed by atoms with Crippen molar-refractivity contribution in [2.45, 2.75) is 50.3 Å². The third-order valence-electron chi connectivity index (χ3n) is 5.82. The van der Waals surface area contributed by atoms with E-state index in [-0.39, 0.29) is 17.5 Å². The van der Waals surface area contributed by atoms with Gasteiger partial charge in [0.25, 0.3) is 0 Å². The minimum absolute atomic E-state index is 0.225. The molecule has 0 radical (unpaired) electrons. The maximum atomic E-state index is 13.1. The number of H-pyrrole nitrogens is 1. The molecule has 1 aliphatic carbocycles.